The summed E-state index contributed by atoms with van der Waals surface area (Å²) in [5, 5.41) is 12.0. The van der Waals surface area contributed by atoms with Crippen molar-refractivity contribution in [1.29, 1.82) is 5.26 Å². The molecule has 1 N–H and O–H groups in total. The van der Waals surface area contributed by atoms with Gasteiger partial charge in [-0.05, 0) is 36.8 Å². The third-order valence-electron chi connectivity index (χ3n) is 2.97. The largest absolute Gasteiger partial charge is 0.379 e. The van der Waals surface area contributed by atoms with Gasteiger partial charge in [-0.25, -0.2) is 0 Å². The van der Waals surface area contributed by atoms with Gasteiger partial charge in [-0.15, -0.1) is 0 Å². The Balaban J connectivity index is 1.96. The molecule has 0 atom stereocenters. The molecule has 3 nitrogen and oxygen atoms in total. The summed E-state index contributed by atoms with van der Waals surface area (Å²) in [6, 6.07) is 14.4. The van der Waals surface area contributed by atoms with E-state index in [0.717, 1.165) is 24.3 Å². The summed E-state index contributed by atoms with van der Waals surface area (Å²) in [5.74, 6) is 0. The lowest BCUT2D eigenvalue weighted by atomic mass is 10.1. The topological polar surface area (TPSA) is 40.8 Å². The highest BCUT2D eigenvalue weighted by molar-refractivity contribution is 5.45. The highest BCUT2D eigenvalue weighted by atomic mass is 15.0. The average Bonchev–Trinajstić information content (AvgIpc) is 2.86. The fourth-order valence-electron chi connectivity index (χ4n) is 1.94. The number of aryl methyl sites for hydroxylation is 1. The number of nitriles is 1. The zero-order chi connectivity index (χ0) is 12.8. The van der Waals surface area contributed by atoms with Gasteiger partial charge in [0.1, 0.15) is 0 Å². The van der Waals surface area contributed by atoms with Crippen LogP contribution >= 0.6 is 0 Å². The fraction of sp³-hybridized carbons (Fsp3) is 0.267. The monoisotopic (exact) mass is 239 g/mol. The standard InChI is InChI=1S/C15H17N3/c1-2-18-11-3-4-15(18)12-17-14-7-5-13(6-8-14)9-10-16/h3-8,11,17H,2,9,12H2,1H3. The molecule has 1 aromatic heterocycles. The first-order valence-corrected chi connectivity index (χ1v) is 6.17. The molecule has 0 fully saturated rings. The smallest absolute Gasteiger partial charge is 0.0669 e. The van der Waals surface area contributed by atoms with Gasteiger partial charge in [0.25, 0.3) is 0 Å². The van der Waals surface area contributed by atoms with Crippen molar-refractivity contribution in [2.24, 2.45) is 0 Å². The molecule has 2 aromatic rings. The molecule has 0 aliphatic carbocycles. The first-order valence-electron chi connectivity index (χ1n) is 6.17. The predicted octanol–water partition coefficient (Wildman–Crippen LogP) is 3.19. The van der Waals surface area contributed by atoms with Gasteiger partial charge in [-0.3, -0.25) is 0 Å². The minimum atomic E-state index is 0.471. The van der Waals surface area contributed by atoms with E-state index in [-0.39, 0.29) is 0 Å². The number of nitrogens with one attached hydrogen (secondary N) is 1. The molecule has 0 spiro atoms. The van der Waals surface area contributed by atoms with Crippen LogP contribution < -0.4 is 5.32 Å². The summed E-state index contributed by atoms with van der Waals surface area (Å²) in [4.78, 5) is 0. The van der Waals surface area contributed by atoms with E-state index in [1.807, 2.05) is 24.3 Å². The van der Waals surface area contributed by atoms with Crippen molar-refractivity contribution >= 4 is 5.69 Å². The van der Waals surface area contributed by atoms with Gasteiger partial charge in [-0.1, -0.05) is 12.1 Å². The number of aromatic nitrogens is 1. The van der Waals surface area contributed by atoms with Gasteiger partial charge >= 0.3 is 0 Å². The second-order valence-electron chi connectivity index (χ2n) is 4.17. The van der Waals surface area contributed by atoms with Gasteiger partial charge in [-0.2, -0.15) is 5.26 Å². The van der Waals surface area contributed by atoms with Crippen molar-refractivity contribution in [3.8, 4) is 6.07 Å². The van der Waals surface area contributed by atoms with Crippen LogP contribution in [0.3, 0.4) is 0 Å². The Bertz CT molecular complexity index is 532. The van der Waals surface area contributed by atoms with E-state index >= 15 is 0 Å². The minimum Gasteiger partial charge on any atom is -0.379 e. The molecule has 0 amide bonds. The molecule has 3 heteroatoms. The number of hydrogen-bond acceptors (Lipinski definition) is 2. The maximum Gasteiger partial charge on any atom is 0.0669 e. The van der Waals surface area contributed by atoms with Crippen LogP contribution in [0.2, 0.25) is 0 Å². The molecule has 0 saturated heterocycles. The molecule has 18 heavy (non-hydrogen) atoms. The van der Waals surface area contributed by atoms with E-state index in [9.17, 15) is 0 Å². The zero-order valence-electron chi connectivity index (χ0n) is 10.6. The molecule has 0 aliphatic rings. The molecule has 92 valence electrons. The summed E-state index contributed by atoms with van der Waals surface area (Å²) in [6.45, 7) is 3.95. The van der Waals surface area contributed by atoms with Crippen molar-refractivity contribution < 1.29 is 0 Å². The van der Waals surface area contributed by atoms with Crippen molar-refractivity contribution in [2.75, 3.05) is 5.32 Å². The number of hydrogen-bond donors (Lipinski definition) is 1. The van der Waals surface area contributed by atoms with E-state index in [1.54, 1.807) is 0 Å². The van der Waals surface area contributed by atoms with Crippen LogP contribution in [-0.2, 0) is 19.5 Å². The van der Waals surface area contributed by atoms with Gasteiger partial charge in [0, 0.05) is 24.1 Å². The highest BCUT2D eigenvalue weighted by Crippen LogP contribution is 2.12. The van der Waals surface area contributed by atoms with Crippen LogP contribution in [0.5, 0.6) is 0 Å². The Labute approximate surface area is 108 Å². The molecule has 0 saturated carbocycles. The second kappa shape index (κ2) is 5.92. The van der Waals surface area contributed by atoms with E-state index in [4.69, 9.17) is 5.26 Å². The molecule has 1 aromatic carbocycles. The van der Waals surface area contributed by atoms with Crippen molar-refractivity contribution in [3.05, 3.63) is 53.9 Å². The van der Waals surface area contributed by atoms with E-state index in [1.165, 1.54) is 5.69 Å². The minimum absolute atomic E-state index is 0.471. The molecular weight excluding hydrogens is 222 g/mol. The predicted molar refractivity (Wildman–Crippen MR) is 73.2 cm³/mol. The van der Waals surface area contributed by atoms with Crippen LogP contribution in [-0.4, -0.2) is 4.57 Å². The number of benzene rings is 1. The van der Waals surface area contributed by atoms with Crippen LogP contribution in [0, 0.1) is 11.3 Å². The van der Waals surface area contributed by atoms with Crippen LogP contribution in [0.4, 0.5) is 5.69 Å². The van der Waals surface area contributed by atoms with Gasteiger partial charge in [0.05, 0.1) is 19.0 Å². The SMILES string of the molecule is CCn1cccc1CNc1ccc(CC#N)cc1. The first kappa shape index (κ1) is 12.3. The summed E-state index contributed by atoms with van der Waals surface area (Å²) in [7, 11) is 0. The van der Waals surface area contributed by atoms with E-state index in [0.29, 0.717) is 6.42 Å². The van der Waals surface area contributed by atoms with Crippen molar-refractivity contribution in [1.82, 2.24) is 4.57 Å². The second-order valence-corrected chi connectivity index (χ2v) is 4.17. The molecule has 2 rings (SSSR count). The lowest BCUT2D eigenvalue weighted by Crippen LogP contribution is -2.05. The molecule has 0 bridgehead atoms. The average molecular weight is 239 g/mol. The lowest BCUT2D eigenvalue weighted by molar-refractivity contribution is 0.724. The van der Waals surface area contributed by atoms with Gasteiger partial charge < -0.3 is 9.88 Å². The normalized spacial score (nSPS) is 10.0. The van der Waals surface area contributed by atoms with Gasteiger partial charge in [0.15, 0.2) is 0 Å². The molecule has 0 unspecified atom stereocenters. The van der Waals surface area contributed by atoms with Crippen molar-refractivity contribution in [2.45, 2.75) is 26.4 Å². The third-order valence-corrected chi connectivity index (χ3v) is 2.97. The van der Waals surface area contributed by atoms with Gasteiger partial charge in [0.2, 0.25) is 0 Å². The third kappa shape index (κ3) is 2.92. The maximum atomic E-state index is 8.61. The molecule has 0 radical (unpaired) electrons. The number of nitrogens with zero attached hydrogens (tertiary/aromatic N) is 2. The summed E-state index contributed by atoms with van der Waals surface area (Å²) < 4.78 is 2.22. The number of anilines is 1. The Morgan fingerprint density at radius 3 is 2.67 bits per heavy atom. The molecular formula is C15H17N3. The maximum absolute atomic E-state index is 8.61. The Morgan fingerprint density at radius 2 is 2.00 bits per heavy atom. The summed E-state index contributed by atoms with van der Waals surface area (Å²) >= 11 is 0. The summed E-state index contributed by atoms with van der Waals surface area (Å²) in [6.07, 6.45) is 2.56. The Kier molecular flexibility index (Phi) is 4.03. The first-order chi connectivity index (χ1) is 8.83. The quantitative estimate of drug-likeness (QED) is 0.870. The lowest BCUT2D eigenvalue weighted by Gasteiger charge is -2.09. The van der Waals surface area contributed by atoms with Crippen LogP contribution in [0.1, 0.15) is 18.2 Å². The molecule has 0 aliphatic heterocycles. The Hall–Kier alpha value is -2.21. The van der Waals surface area contributed by atoms with Crippen LogP contribution in [0.15, 0.2) is 42.6 Å². The van der Waals surface area contributed by atoms with Crippen molar-refractivity contribution in [3.63, 3.8) is 0 Å². The summed E-state index contributed by atoms with van der Waals surface area (Å²) in [5.41, 5.74) is 3.42. The van der Waals surface area contributed by atoms with Crippen LogP contribution in [0.25, 0.3) is 0 Å². The number of rotatable bonds is 5. The zero-order valence-corrected chi connectivity index (χ0v) is 10.6. The highest BCUT2D eigenvalue weighted by Gasteiger charge is 1.99. The van der Waals surface area contributed by atoms with E-state index in [2.05, 4.69) is 41.2 Å². The Morgan fingerprint density at radius 1 is 1.22 bits per heavy atom. The fourth-order valence-corrected chi connectivity index (χ4v) is 1.94. The molecule has 1 heterocycles. The van der Waals surface area contributed by atoms with E-state index < -0.39 is 0 Å².